The number of halogens is 4. The standard InChI is InChI=1S/C18H10ClF3N4O/c19-13-6-1-2-7-14(13)27-17-23-9-12-15(25-26-16(12)24-17)10-4-3-5-11(8-10)18(20,21)22/h1-9H,(H,23,24,25,26). The van der Waals surface area contributed by atoms with Gasteiger partial charge in [0.05, 0.1) is 21.7 Å². The van der Waals surface area contributed by atoms with Crippen molar-refractivity contribution in [2.75, 3.05) is 0 Å². The average Bonchev–Trinajstić information content (AvgIpc) is 3.06. The van der Waals surface area contributed by atoms with Crippen LogP contribution in [0, 0.1) is 0 Å². The Labute approximate surface area is 155 Å². The molecule has 0 aliphatic heterocycles. The molecule has 0 spiro atoms. The van der Waals surface area contributed by atoms with Crippen molar-refractivity contribution in [3.63, 3.8) is 0 Å². The second-order valence-electron chi connectivity index (χ2n) is 5.60. The number of fused-ring (bicyclic) bond motifs is 1. The summed E-state index contributed by atoms with van der Waals surface area (Å²) in [5.41, 5.74) is 0.234. The van der Waals surface area contributed by atoms with Crippen LogP contribution in [0.4, 0.5) is 13.2 Å². The van der Waals surface area contributed by atoms with Gasteiger partial charge in [-0.05, 0) is 24.3 Å². The lowest BCUT2D eigenvalue weighted by Crippen LogP contribution is -2.04. The van der Waals surface area contributed by atoms with Crippen LogP contribution in [-0.4, -0.2) is 20.2 Å². The Bertz CT molecular complexity index is 1130. The van der Waals surface area contributed by atoms with Crippen molar-refractivity contribution in [3.8, 4) is 23.0 Å². The minimum atomic E-state index is -4.43. The van der Waals surface area contributed by atoms with E-state index in [9.17, 15) is 13.2 Å². The van der Waals surface area contributed by atoms with Crippen molar-refractivity contribution < 1.29 is 17.9 Å². The largest absolute Gasteiger partial charge is 0.423 e. The van der Waals surface area contributed by atoms with E-state index in [-0.39, 0.29) is 11.7 Å². The number of H-pyrrole nitrogens is 1. The van der Waals surface area contributed by atoms with Gasteiger partial charge in [-0.1, -0.05) is 35.9 Å². The first-order valence-corrected chi connectivity index (χ1v) is 8.11. The second-order valence-corrected chi connectivity index (χ2v) is 6.01. The molecule has 0 bridgehead atoms. The third-order valence-electron chi connectivity index (χ3n) is 3.81. The molecule has 5 nitrogen and oxygen atoms in total. The lowest BCUT2D eigenvalue weighted by Gasteiger charge is -2.08. The fourth-order valence-corrected chi connectivity index (χ4v) is 2.71. The highest BCUT2D eigenvalue weighted by molar-refractivity contribution is 6.32. The Kier molecular flexibility index (Phi) is 4.19. The van der Waals surface area contributed by atoms with Gasteiger partial charge in [-0.15, -0.1) is 0 Å². The van der Waals surface area contributed by atoms with E-state index in [4.69, 9.17) is 16.3 Å². The first-order chi connectivity index (χ1) is 12.9. The number of para-hydroxylation sites is 1. The molecule has 0 unspecified atom stereocenters. The van der Waals surface area contributed by atoms with Crippen molar-refractivity contribution in [2.45, 2.75) is 6.18 Å². The highest BCUT2D eigenvalue weighted by atomic mass is 35.5. The molecule has 0 amide bonds. The minimum absolute atomic E-state index is 0.0256. The molecule has 4 aromatic rings. The van der Waals surface area contributed by atoms with Gasteiger partial charge in [0.15, 0.2) is 5.65 Å². The molecular formula is C18H10ClF3N4O. The number of nitrogens with zero attached hydrogens (tertiary/aromatic N) is 3. The summed E-state index contributed by atoms with van der Waals surface area (Å²) in [6.45, 7) is 0. The van der Waals surface area contributed by atoms with Crippen molar-refractivity contribution in [3.05, 3.63) is 65.3 Å². The molecule has 9 heteroatoms. The molecule has 0 saturated carbocycles. The lowest BCUT2D eigenvalue weighted by atomic mass is 10.1. The van der Waals surface area contributed by atoms with Crippen LogP contribution in [0.25, 0.3) is 22.3 Å². The minimum Gasteiger partial charge on any atom is -0.423 e. The van der Waals surface area contributed by atoms with Gasteiger partial charge >= 0.3 is 12.2 Å². The number of hydrogen-bond donors (Lipinski definition) is 1. The van der Waals surface area contributed by atoms with Gasteiger partial charge in [0, 0.05) is 11.8 Å². The number of aromatic nitrogens is 4. The zero-order valence-corrected chi connectivity index (χ0v) is 14.2. The van der Waals surface area contributed by atoms with Crippen molar-refractivity contribution in [2.24, 2.45) is 0 Å². The van der Waals surface area contributed by atoms with E-state index >= 15 is 0 Å². The molecule has 27 heavy (non-hydrogen) atoms. The van der Waals surface area contributed by atoms with Crippen LogP contribution in [0.1, 0.15) is 5.56 Å². The molecule has 0 aliphatic rings. The molecule has 136 valence electrons. The normalized spacial score (nSPS) is 11.7. The van der Waals surface area contributed by atoms with Crippen LogP contribution >= 0.6 is 11.6 Å². The highest BCUT2D eigenvalue weighted by Gasteiger charge is 2.30. The van der Waals surface area contributed by atoms with E-state index < -0.39 is 11.7 Å². The third kappa shape index (κ3) is 3.43. The van der Waals surface area contributed by atoms with Gasteiger partial charge < -0.3 is 4.74 Å². The Balaban J connectivity index is 1.70. The molecule has 0 aliphatic carbocycles. The van der Waals surface area contributed by atoms with Crippen LogP contribution in [0.3, 0.4) is 0 Å². The van der Waals surface area contributed by atoms with Crippen molar-refractivity contribution >= 4 is 22.6 Å². The summed E-state index contributed by atoms with van der Waals surface area (Å²) >= 11 is 6.03. The average molecular weight is 391 g/mol. The van der Waals surface area contributed by atoms with Gasteiger partial charge in [-0.3, -0.25) is 5.10 Å². The predicted octanol–water partition coefficient (Wildman–Crippen LogP) is 5.48. The topological polar surface area (TPSA) is 63.7 Å². The van der Waals surface area contributed by atoms with Crippen LogP contribution in [0.5, 0.6) is 11.8 Å². The van der Waals surface area contributed by atoms with Crippen molar-refractivity contribution in [1.82, 2.24) is 20.2 Å². The predicted molar refractivity (Wildman–Crippen MR) is 93.6 cm³/mol. The number of rotatable bonds is 3. The van der Waals surface area contributed by atoms with E-state index in [1.54, 1.807) is 30.3 Å². The maximum absolute atomic E-state index is 12.9. The summed E-state index contributed by atoms with van der Waals surface area (Å²) in [5.74, 6) is 0.382. The van der Waals surface area contributed by atoms with Gasteiger partial charge in [0.25, 0.3) is 0 Å². The smallest absolute Gasteiger partial charge is 0.416 e. The zero-order valence-electron chi connectivity index (χ0n) is 13.5. The Hall–Kier alpha value is -3.13. The Morgan fingerprint density at radius 2 is 1.85 bits per heavy atom. The Morgan fingerprint density at radius 1 is 1.04 bits per heavy atom. The molecule has 2 heterocycles. The number of hydrogen-bond acceptors (Lipinski definition) is 4. The zero-order chi connectivity index (χ0) is 19.0. The second kappa shape index (κ2) is 6.55. The molecule has 0 saturated heterocycles. The van der Waals surface area contributed by atoms with E-state index in [2.05, 4.69) is 20.2 Å². The third-order valence-corrected chi connectivity index (χ3v) is 4.12. The fraction of sp³-hybridized carbons (Fsp3) is 0.0556. The molecule has 2 aromatic carbocycles. The molecule has 1 N–H and O–H groups in total. The van der Waals surface area contributed by atoms with E-state index in [0.29, 0.717) is 27.4 Å². The number of benzene rings is 2. The van der Waals surface area contributed by atoms with E-state index in [1.807, 2.05) is 0 Å². The first-order valence-electron chi connectivity index (χ1n) is 7.73. The summed E-state index contributed by atoms with van der Waals surface area (Å²) in [5, 5.41) is 7.62. The number of alkyl halides is 3. The summed E-state index contributed by atoms with van der Waals surface area (Å²) < 4.78 is 44.4. The lowest BCUT2D eigenvalue weighted by molar-refractivity contribution is -0.137. The van der Waals surface area contributed by atoms with Gasteiger partial charge in [-0.25, -0.2) is 4.98 Å². The van der Waals surface area contributed by atoms with Gasteiger partial charge in [0.2, 0.25) is 0 Å². The quantitative estimate of drug-likeness (QED) is 0.502. The summed E-state index contributed by atoms with van der Waals surface area (Å²) in [6.07, 6.45) is -2.99. The van der Waals surface area contributed by atoms with Crippen LogP contribution in [0.15, 0.2) is 54.7 Å². The molecule has 0 radical (unpaired) electrons. The maximum atomic E-state index is 12.9. The van der Waals surface area contributed by atoms with Gasteiger partial charge in [0.1, 0.15) is 5.75 Å². The summed E-state index contributed by atoms with van der Waals surface area (Å²) in [6, 6.07) is 11.8. The molecule has 0 atom stereocenters. The van der Waals surface area contributed by atoms with E-state index in [1.165, 1.54) is 12.3 Å². The van der Waals surface area contributed by atoms with Crippen molar-refractivity contribution in [1.29, 1.82) is 0 Å². The molecule has 0 fully saturated rings. The number of nitrogens with one attached hydrogen (secondary N) is 1. The summed E-state index contributed by atoms with van der Waals surface area (Å²) in [7, 11) is 0. The molecule has 4 rings (SSSR count). The first kappa shape index (κ1) is 17.3. The Morgan fingerprint density at radius 3 is 2.63 bits per heavy atom. The maximum Gasteiger partial charge on any atom is 0.416 e. The number of ether oxygens (including phenoxy) is 1. The fourth-order valence-electron chi connectivity index (χ4n) is 2.53. The molecule has 2 aromatic heterocycles. The monoisotopic (exact) mass is 390 g/mol. The highest BCUT2D eigenvalue weighted by Crippen LogP contribution is 2.34. The van der Waals surface area contributed by atoms with Gasteiger partial charge in [-0.2, -0.15) is 23.3 Å². The van der Waals surface area contributed by atoms with E-state index in [0.717, 1.165) is 12.1 Å². The summed E-state index contributed by atoms with van der Waals surface area (Å²) in [4.78, 5) is 8.27. The van der Waals surface area contributed by atoms with Crippen LogP contribution in [0.2, 0.25) is 5.02 Å². The SMILES string of the molecule is FC(F)(F)c1cccc(-c2[nH]nc3nc(Oc4ccccc4Cl)ncc23)c1. The van der Waals surface area contributed by atoms with Crippen LogP contribution < -0.4 is 4.74 Å². The number of aromatic amines is 1. The molecular weight excluding hydrogens is 381 g/mol. The van der Waals surface area contributed by atoms with Crippen LogP contribution in [-0.2, 0) is 6.18 Å².